The lowest BCUT2D eigenvalue weighted by Gasteiger charge is -2.36. The van der Waals surface area contributed by atoms with Crippen molar-refractivity contribution in [3.8, 4) is 35.0 Å². The van der Waals surface area contributed by atoms with E-state index in [0.717, 1.165) is 59.4 Å². The molecular formula is C45H28N4Si. The van der Waals surface area contributed by atoms with E-state index in [-0.39, 0.29) is 0 Å². The van der Waals surface area contributed by atoms with Crippen molar-refractivity contribution >= 4 is 50.6 Å². The van der Waals surface area contributed by atoms with Crippen molar-refractivity contribution in [2.24, 2.45) is 0 Å². The molecule has 0 spiro atoms. The van der Waals surface area contributed by atoms with E-state index in [1.165, 1.54) is 0 Å². The quantitative estimate of drug-likeness (QED) is 0.138. The number of para-hydroxylation sites is 1. The third-order valence-electron chi connectivity index (χ3n) is 9.67. The summed E-state index contributed by atoms with van der Waals surface area (Å²) in [5.41, 5.74) is 6.35. The van der Waals surface area contributed by atoms with Crippen molar-refractivity contribution in [2.45, 2.75) is 0 Å². The molecule has 232 valence electrons. The van der Waals surface area contributed by atoms with Gasteiger partial charge in [-0.1, -0.05) is 127 Å². The number of benzene rings is 7. The predicted octanol–water partition coefficient (Wildman–Crippen LogP) is 7.44. The molecule has 0 fully saturated rings. The van der Waals surface area contributed by atoms with Gasteiger partial charge >= 0.3 is 0 Å². The first-order valence-electron chi connectivity index (χ1n) is 16.4. The minimum absolute atomic E-state index is 0.507. The molecule has 1 heterocycles. The molecule has 0 N–H and O–H groups in total. The van der Waals surface area contributed by atoms with Gasteiger partial charge in [-0.3, -0.25) is 0 Å². The van der Waals surface area contributed by atoms with Crippen LogP contribution in [0.5, 0.6) is 0 Å². The maximum Gasteiger partial charge on any atom is 0.182 e. The second-order valence-electron chi connectivity index (χ2n) is 12.2. The lowest BCUT2D eigenvalue weighted by Crippen LogP contribution is -2.76. The molecule has 0 aliphatic rings. The summed E-state index contributed by atoms with van der Waals surface area (Å²) in [7, 11) is -3.19. The van der Waals surface area contributed by atoms with Gasteiger partial charge in [0.1, 0.15) is 0 Å². The van der Waals surface area contributed by atoms with Crippen molar-refractivity contribution in [3.05, 3.63) is 187 Å². The van der Waals surface area contributed by atoms with Gasteiger partial charge in [0.05, 0.1) is 45.9 Å². The van der Waals surface area contributed by atoms with Crippen LogP contribution in [0.4, 0.5) is 0 Å². The van der Waals surface area contributed by atoms with Gasteiger partial charge in [-0.05, 0) is 74.3 Å². The van der Waals surface area contributed by atoms with Gasteiger partial charge in [0.15, 0.2) is 8.07 Å². The monoisotopic (exact) mass is 652 g/mol. The van der Waals surface area contributed by atoms with Crippen LogP contribution in [-0.2, 0) is 0 Å². The Morgan fingerprint density at radius 3 is 1.58 bits per heavy atom. The molecule has 0 bridgehead atoms. The fourth-order valence-corrected chi connectivity index (χ4v) is 12.6. The Kier molecular flexibility index (Phi) is 7.63. The Morgan fingerprint density at radius 1 is 0.460 bits per heavy atom. The lowest BCUT2D eigenvalue weighted by atomic mass is 9.98. The molecule has 8 rings (SSSR count). The van der Waals surface area contributed by atoms with Crippen LogP contribution in [-0.4, -0.2) is 12.6 Å². The fraction of sp³-hybridized carbons (Fsp3) is 0. The molecule has 8 aromatic rings. The van der Waals surface area contributed by atoms with Crippen LogP contribution < -0.4 is 20.7 Å². The minimum Gasteiger partial charge on any atom is -0.309 e. The molecule has 0 aliphatic heterocycles. The Balaban J connectivity index is 1.38. The van der Waals surface area contributed by atoms with E-state index in [4.69, 9.17) is 0 Å². The number of fused-ring (bicyclic) bond motifs is 3. The lowest BCUT2D eigenvalue weighted by molar-refractivity contribution is 1.18. The Bertz CT molecular complexity index is 2560. The molecule has 0 unspecified atom stereocenters. The van der Waals surface area contributed by atoms with Gasteiger partial charge in [0.2, 0.25) is 0 Å². The number of nitriles is 3. The molecule has 50 heavy (non-hydrogen) atoms. The van der Waals surface area contributed by atoms with E-state index in [1.54, 1.807) is 0 Å². The predicted molar refractivity (Wildman–Crippen MR) is 204 cm³/mol. The molecule has 0 radical (unpaired) electrons. The van der Waals surface area contributed by atoms with Gasteiger partial charge in [0, 0.05) is 16.5 Å². The Labute approximate surface area is 291 Å². The summed E-state index contributed by atoms with van der Waals surface area (Å²) < 4.78 is 2.21. The molecular weight excluding hydrogens is 625 g/mol. The van der Waals surface area contributed by atoms with Crippen molar-refractivity contribution in [3.63, 3.8) is 0 Å². The van der Waals surface area contributed by atoms with Crippen LogP contribution in [0.15, 0.2) is 170 Å². The van der Waals surface area contributed by atoms with E-state index >= 15 is 0 Å². The Morgan fingerprint density at radius 2 is 1.02 bits per heavy atom. The van der Waals surface area contributed by atoms with Gasteiger partial charge in [-0.25, -0.2) is 0 Å². The first kappa shape index (κ1) is 30.4. The van der Waals surface area contributed by atoms with Crippen LogP contribution >= 0.6 is 0 Å². The number of rotatable bonds is 6. The van der Waals surface area contributed by atoms with Crippen LogP contribution in [0.3, 0.4) is 0 Å². The summed E-state index contributed by atoms with van der Waals surface area (Å²) >= 11 is 0. The van der Waals surface area contributed by atoms with Crippen molar-refractivity contribution in [1.29, 1.82) is 15.8 Å². The summed E-state index contributed by atoms with van der Waals surface area (Å²) in [6.07, 6.45) is 0. The Hall–Kier alpha value is -6.97. The SMILES string of the molecule is N#Cc1ccc2c(c1)c1ccccc1n2-c1ccc(-c2ccc(C#N)c([Si](c3ccccc3)(c3ccccc3)c3ccccc3)c2C#N)cc1. The zero-order valence-corrected chi connectivity index (χ0v) is 28.0. The minimum atomic E-state index is -3.19. The highest BCUT2D eigenvalue weighted by atomic mass is 28.3. The zero-order valence-electron chi connectivity index (χ0n) is 27.0. The second kappa shape index (κ2) is 12.6. The number of hydrogen-bond donors (Lipinski definition) is 0. The van der Waals surface area contributed by atoms with E-state index in [1.807, 2.05) is 97.1 Å². The molecule has 5 heteroatoms. The zero-order chi connectivity index (χ0) is 34.1. The first-order chi connectivity index (χ1) is 24.7. The standard InChI is InChI=1S/C45H28N4Si/c46-29-32-20-27-44-41(28-32)40-18-10-11-19-43(40)49(44)35-24-21-33(22-25-35)39-26-23-34(30-47)45(42(39)31-48)50(36-12-4-1-5-13-36,37-14-6-2-7-15-37)38-16-8-3-9-17-38/h1-28H. The smallest absolute Gasteiger partial charge is 0.182 e. The van der Waals surface area contributed by atoms with E-state index in [2.05, 4.69) is 95.6 Å². The molecule has 0 aliphatic carbocycles. The molecule has 0 saturated heterocycles. The van der Waals surface area contributed by atoms with Crippen molar-refractivity contribution in [1.82, 2.24) is 4.57 Å². The first-order valence-corrected chi connectivity index (χ1v) is 18.4. The van der Waals surface area contributed by atoms with Crippen LogP contribution in [0.25, 0.3) is 38.6 Å². The highest BCUT2D eigenvalue weighted by Gasteiger charge is 2.45. The average Bonchev–Trinajstić information content (AvgIpc) is 3.53. The second-order valence-corrected chi connectivity index (χ2v) is 16.0. The van der Waals surface area contributed by atoms with Gasteiger partial charge in [-0.15, -0.1) is 0 Å². The number of hydrogen-bond acceptors (Lipinski definition) is 3. The largest absolute Gasteiger partial charge is 0.309 e. The summed E-state index contributed by atoms with van der Waals surface area (Å²) in [6.45, 7) is 0. The highest BCUT2D eigenvalue weighted by molar-refractivity contribution is 7.20. The number of nitrogens with zero attached hydrogens (tertiary/aromatic N) is 4. The van der Waals surface area contributed by atoms with E-state index < -0.39 is 8.07 Å². The molecule has 1 aromatic heterocycles. The third kappa shape index (κ3) is 4.72. The van der Waals surface area contributed by atoms with Gasteiger partial charge < -0.3 is 4.57 Å². The summed E-state index contributed by atoms with van der Waals surface area (Å²) in [5, 5.41) is 37.6. The summed E-state index contributed by atoms with van der Waals surface area (Å²) in [4.78, 5) is 0. The molecule has 0 amide bonds. The van der Waals surface area contributed by atoms with Crippen LogP contribution in [0, 0.1) is 34.0 Å². The molecule has 0 saturated carbocycles. The summed E-state index contributed by atoms with van der Waals surface area (Å²) in [5.74, 6) is 0. The maximum absolute atomic E-state index is 11.1. The van der Waals surface area contributed by atoms with Crippen LogP contribution in [0.1, 0.15) is 16.7 Å². The van der Waals surface area contributed by atoms with Crippen molar-refractivity contribution < 1.29 is 0 Å². The highest BCUT2D eigenvalue weighted by Crippen LogP contribution is 2.34. The van der Waals surface area contributed by atoms with Gasteiger partial charge in [-0.2, -0.15) is 15.8 Å². The average molecular weight is 653 g/mol. The fourth-order valence-electron chi connectivity index (χ4n) is 7.55. The maximum atomic E-state index is 11.1. The van der Waals surface area contributed by atoms with Crippen LogP contribution in [0.2, 0.25) is 0 Å². The van der Waals surface area contributed by atoms with Gasteiger partial charge in [0.25, 0.3) is 0 Å². The third-order valence-corrected chi connectivity index (χ3v) is 14.5. The summed E-state index contributed by atoms with van der Waals surface area (Å²) in [6, 6.07) is 64.6. The molecule has 7 aromatic carbocycles. The number of aromatic nitrogens is 1. The van der Waals surface area contributed by atoms with Crippen molar-refractivity contribution in [2.75, 3.05) is 0 Å². The molecule has 0 atom stereocenters. The molecule has 4 nitrogen and oxygen atoms in total. The topological polar surface area (TPSA) is 76.3 Å². The normalized spacial score (nSPS) is 11.1. The van der Waals surface area contributed by atoms with E-state index in [9.17, 15) is 15.8 Å². The van der Waals surface area contributed by atoms with E-state index in [0.29, 0.717) is 16.7 Å².